The Bertz CT molecular complexity index is 223. The summed E-state index contributed by atoms with van der Waals surface area (Å²) in [4.78, 5) is 17.4. The summed E-state index contributed by atoms with van der Waals surface area (Å²) < 4.78 is 10.6. The van der Waals surface area contributed by atoms with Gasteiger partial charge < -0.3 is 9.79 Å². The largest absolute Gasteiger partial charge is 0.325 e. The van der Waals surface area contributed by atoms with Crippen molar-refractivity contribution in [3.05, 3.63) is 0 Å². The minimum absolute atomic E-state index is 0.0577. The fraction of sp³-hybridized carbons (Fsp3) is 1.00. The lowest BCUT2D eigenvalue weighted by Gasteiger charge is -2.05. The van der Waals surface area contributed by atoms with E-state index in [0.717, 1.165) is 18.8 Å². The highest BCUT2D eigenvalue weighted by molar-refractivity contribution is 7.51. The average Bonchev–Trinajstić information content (AvgIpc) is 2.24. The topological polar surface area (TPSA) is 57.5 Å². The van der Waals surface area contributed by atoms with Gasteiger partial charge in [0.25, 0.3) is 0 Å². The van der Waals surface area contributed by atoms with Gasteiger partial charge in [0.05, 0.1) is 0 Å². The second-order valence-electron chi connectivity index (χ2n) is 5.75. The van der Waals surface area contributed by atoms with Crippen molar-refractivity contribution < 1.29 is 14.4 Å². The summed E-state index contributed by atoms with van der Waals surface area (Å²) in [6.07, 6.45) is 12.0. The summed E-state index contributed by atoms with van der Waals surface area (Å²) in [5, 5.41) is 0. The van der Waals surface area contributed by atoms with Crippen LogP contribution in [0.5, 0.6) is 0 Å². The van der Waals surface area contributed by atoms with Gasteiger partial charge in [-0.25, -0.2) is 0 Å². The van der Waals surface area contributed by atoms with Gasteiger partial charge in [-0.3, -0.25) is 4.57 Å². The average molecular weight is 278 g/mol. The Kier molecular flexibility index (Phi) is 11.1. The first-order valence-corrected chi connectivity index (χ1v) is 9.26. The number of hydrogen-bond donors (Lipinski definition) is 2. The molecule has 0 rings (SSSR count). The lowest BCUT2D eigenvalue weighted by atomic mass is 10.0. The Morgan fingerprint density at radius 3 is 1.56 bits per heavy atom. The van der Waals surface area contributed by atoms with E-state index in [4.69, 9.17) is 9.79 Å². The normalized spacial score (nSPS) is 12.3. The summed E-state index contributed by atoms with van der Waals surface area (Å²) in [5.74, 6) is 0.832. The maximum absolute atomic E-state index is 10.6. The Hall–Kier alpha value is 0.150. The molecule has 0 saturated heterocycles. The van der Waals surface area contributed by atoms with Crippen molar-refractivity contribution >= 4 is 7.60 Å². The standard InChI is InChI=1S/C14H31O3P/c1-14(2)12-10-8-6-4-3-5-7-9-11-13-18(15,16)17/h14H,3-13H2,1-2H3,(H2,15,16,17). The van der Waals surface area contributed by atoms with Gasteiger partial charge in [0, 0.05) is 6.16 Å². The Morgan fingerprint density at radius 1 is 0.778 bits per heavy atom. The highest BCUT2D eigenvalue weighted by Gasteiger charge is 2.10. The molecule has 2 N–H and O–H groups in total. The first-order valence-electron chi connectivity index (χ1n) is 7.46. The molecule has 0 heterocycles. The molecule has 0 aliphatic rings. The van der Waals surface area contributed by atoms with E-state index < -0.39 is 7.60 Å². The van der Waals surface area contributed by atoms with Gasteiger partial charge in [-0.2, -0.15) is 0 Å². The molecule has 18 heavy (non-hydrogen) atoms. The molecule has 0 amide bonds. The molecule has 0 aliphatic heterocycles. The van der Waals surface area contributed by atoms with Gasteiger partial charge in [0.1, 0.15) is 0 Å². The third-order valence-corrected chi connectivity index (χ3v) is 4.13. The SMILES string of the molecule is CC(C)CCCCCCCCCCCP(=O)(O)O. The lowest BCUT2D eigenvalue weighted by Crippen LogP contribution is -1.89. The van der Waals surface area contributed by atoms with E-state index in [9.17, 15) is 4.57 Å². The molecule has 0 atom stereocenters. The van der Waals surface area contributed by atoms with Crippen LogP contribution in [-0.2, 0) is 4.57 Å². The molecule has 0 fully saturated rings. The van der Waals surface area contributed by atoms with Crippen molar-refractivity contribution in [1.29, 1.82) is 0 Å². The van der Waals surface area contributed by atoms with Crippen molar-refractivity contribution in [2.45, 2.75) is 78.1 Å². The van der Waals surface area contributed by atoms with Crippen molar-refractivity contribution in [1.82, 2.24) is 0 Å². The van der Waals surface area contributed by atoms with Crippen molar-refractivity contribution in [2.24, 2.45) is 5.92 Å². The monoisotopic (exact) mass is 278 g/mol. The van der Waals surface area contributed by atoms with Gasteiger partial charge in [0.15, 0.2) is 0 Å². The fourth-order valence-corrected chi connectivity index (χ4v) is 2.74. The number of rotatable bonds is 12. The van der Waals surface area contributed by atoms with Crippen LogP contribution in [-0.4, -0.2) is 15.9 Å². The quantitative estimate of drug-likeness (QED) is 0.401. The summed E-state index contributed by atoms with van der Waals surface area (Å²) in [7, 11) is -3.75. The van der Waals surface area contributed by atoms with Gasteiger partial charge in [-0.1, -0.05) is 71.6 Å². The van der Waals surface area contributed by atoms with Gasteiger partial charge in [-0.05, 0) is 12.3 Å². The molecule has 0 spiro atoms. The highest BCUT2D eigenvalue weighted by Crippen LogP contribution is 2.35. The molecule has 0 aromatic carbocycles. The molecule has 4 heteroatoms. The molecular weight excluding hydrogens is 247 g/mol. The zero-order chi connectivity index (χ0) is 13.9. The summed E-state index contributed by atoms with van der Waals surface area (Å²) in [6, 6.07) is 0. The zero-order valence-corrected chi connectivity index (χ0v) is 13.0. The van der Waals surface area contributed by atoms with E-state index in [-0.39, 0.29) is 6.16 Å². The predicted octanol–water partition coefficient (Wildman–Crippen LogP) is 4.72. The number of hydrogen-bond acceptors (Lipinski definition) is 1. The van der Waals surface area contributed by atoms with Crippen LogP contribution in [0.25, 0.3) is 0 Å². The van der Waals surface area contributed by atoms with E-state index in [1.54, 1.807) is 0 Å². The highest BCUT2D eigenvalue weighted by atomic mass is 31.2. The van der Waals surface area contributed by atoms with E-state index >= 15 is 0 Å². The zero-order valence-electron chi connectivity index (χ0n) is 12.1. The molecular formula is C14H31O3P. The van der Waals surface area contributed by atoms with E-state index in [0.29, 0.717) is 6.42 Å². The molecule has 0 aromatic rings. The summed E-state index contributed by atoms with van der Waals surface area (Å²) >= 11 is 0. The van der Waals surface area contributed by atoms with Crippen molar-refractivity contribution in [3.63, 3.8) is 0 Å². The minimum atomic E-state index is -3.75. The van der Waals surface area contributed by atoms with E-state index in [2.05, 4.69) is 13.8 Å². The Labute approximate surface area is 113 Å². The van der Waals surface area contributed by atoms with E-state index in [1.165, 1.54) is 44.9 Å². The molecule has 0 bridgehead atoms. The van der Waals surface area contributed by atoms with Crippen LogP contribution < -0.4 is 0 Å². The Balaban J connectivity index is 3.06. The molecule has 0 radical (unpaired) electrons. The molecule has 3 nitrogen and oxygen atoms in total. The Morgan fingerprint density at radius 2 is 1.17 bits per heavy atom. The van der Waals surface area contributed by atoms with Crippen molar-refractivity contribution in [3.8, 4) is 0 Å². The van der Waals surface area contributed by atoms with Crippen LogP contribution in [0, 0.1) is 5.92 Å². The smallest absolute Gasteiger partial charge is 0.324 e. The van der Waals surface area contributed by atoms with Crippen LogP contribution in [0.1, 0.15) is 78.1 Å². The first kappa shape index (κ1) is 18.1. The van der Waals surface area contributed by atoms with Crippen LogP contribution in [0.2, 0.25) is 0 Å². The van der Waals surface area contributed by atoms with Gasteiger partial charge >= 0.3 is 7.60 Å². The second-order valence-corrected chi connectivity index (χ2v) is 7.53. The maximum atomic E-state index is 10.6. The number of unbranched alkanes of at least 4 members (excludes halogenated alkanes) is 8. The summed E-state index contributed by atoms with van der Waals surface area (Å²) in [5.41, 5.74) is 0. The lowest BCUT2D eigenvalue weighted by molar-refractivity contribution is 0.370. The van der Waals surface area contributed by atoms with Gasteiger partial charge in [0.2, 0.25) is 0 Å². The summed E-state index contributed by atoms with van der Waals surface area (Å²) in [6.45, 7) is 4.55. The second kappa shape index (κ2) is 11.0. The third-order valence-electron chi connectivity index (χ3n) is 3.23. The molecule has 0 aromatic heterocycles. The fourth-order valence-electron chi connectivity index (χ4n) is 2.11. The molecule has 0 saturated carbocycles. The van der Waals surface area contributed by atoms with Crippen molar-refractivity contribution in [2.75, 3.05) is 6.16 Å². The molecule has 0 unspecified atom stereocenters. The predicted molar refractivity (Wildman–Crippen MR) is 77.9 cm³/mol. The molecule has 110 valence electrons. The van der Waals surface area contributed by atoms with Crippen LogP contribution in [0.15, 0.2) is 0 Å². The maximum Gasteiger partial charge on any atom is 0.325 e. The first-order chi connectivity index (χ1) is 8.42. The third kappa shape index (κ3) is 16.1. The minimum Gasteiger partial charge on any atom is -0.324 e. The van der Waals surface area contributed by atoms with Gasteiger partial charge in [-0.15, -0.1) is 0 Å². The molecule has 0 aliphatic carbocycles. The van der Waals surface area contributed by atoms with Crippen LogP contribution >= 0.6 is 7.60 Å². The van der Waals surface area contributed by atoms with E-state index in [1.807, 2.05) is 0 Å². The van der Waals surface area contributed by atoms with Crippen LogP contribution in [0.4, 0.5) is 0 Å². The van der Waals surface area contributed by atoms with Crippen LogP contribution in [0.3, 0.4) is 0 Å².